The van der Waals surface area contributed by atoms with Gasteiger partial charge in [-0.3, -0.25) is 9.89 Å². The third kappa shape index (κ3) is 3.17. The van der Waals surface area contributed by atoms with Gasteiger partial charge in [-0.1, -0.05) is 32.4 Å². The van der Waals surface area contributed by atoms with Crippen LogP contribution in [0, 0.1) is 5.82 Å². The average molecular weight is 296 g/mol. The molecule has 20 heavy (non-hydrogen) atoms. The highest BCUT2D eigenvalue weighted by Gasteiger charge is 2.18. The van der Waals surface area contributed by atoms with Crippen molar-refractivity contribution >= 4 is 23.3 Å². The van der Waals surface area contributed by atoms with Crippen molar-refractivity contribution in [2.75, 3.05) is 5.32 Å². The zero-order valence-corrected chi connectivity index (χ0v) is 12.2. The normalized spacial score (nSPS) is 11.4. The Labute approximate surface area is 121 Å². The molecule has 2 rings (SSSR count). The molecule has 0 spiro atoms. The van der Waals surface area contributed by atoms with Crippen LogP contribution in [0.5, 0.6) is 0 Å². The summed E-state index contributed by atoms with van der Waals surface area (Å²) in [7, 11) is 0. The molecular weight excluding hydrogens is 281 g/mol. The topological polar surface area (TPSA) is 57.8 Å². The van der Waals surface area contributed by atoms with E-state index in [4.69, 9.17) is 11.6 Å². The summed E-state index contributed by atoms with van der Waals surface area (Å²) in [5.74, 6) is -0.530. The second-order valence-corrected chi connectivity index (χ2v) is 5.91. The van der Waals surface area contributed by atoms with Crippen molar-refractivity contribution in [2.24, 2.45) is 0 Å². The Morgan fingerprint density at radius 2 is 2.05 bits per heavy atom. The van der Waals surface area contributed by atoms with E-state index in [1.54, 1.807) is 6.07 Å². The first-order valence-electron chi connectivity index (χ1n) is 6.09. The van der Waals surface area contributed by atoms with E-state index in [1.807, 2.05) is 20.8 Å². The lowest BCUT2D eigenvalue weighted by Crippen LogP contribution is -2.12. The fraction of sp³-hybridized carbons (Fsp3) is 0.286. The molecular formula is C14H15ClFN3O. The van der Waals surface area contributed by atoms with Crippen LogP contribution in [0.1, 0.15) is 36.8 Å². The third-order valence-corrected chi connectivity index (χ3v) is 3.10. The van der Waals surface area contributed by atoms with Crippen molar-refractivity contribution in [3.63, 3.8) is 0 Å². The van der Waals surface area contributed by atoms with E-state index in [9.17, 15) is 9.18 Å². The maximum Gasteiger partial charge on any atom is 0.256 e. The summed E-state index contributed by atoms with van der Waals surface area (Å²) in [4.78, 5) is 12.0. The quantitative estimate of drug-likeness (QED) is 0.886. The van der Waals surface area contributed by atoms with Crippen LogP contribution in [0.4, 0.5) is 10.2 Å². The van der Waals surface area contributed by atoms with E-state index in [2.05, 4.69) is 15.5 Å². The summed E-state index contributed by atoms with van der Waals surface area (Å²) in [5, 5.41) is 9.44. The van der Waals surface area contributed by atoms with Crippen LogP contribution < -0.4 is 5.32 Å². The van der Waals surface area contributed by atoms with Gasteiger partial charge in [-0.2, -0.15) is 5.10 Å². The smallest absolute Gasteiger partial charge is 0.256 e. The summed E-state index contributed by atoms with van der Waals surface area (Å²) in [5.41, 5.74) is 1.09. The Kier molecular flexibility index (Phi) is 3.81. The molecule has 1 amide bonds. The van der Waals surface area contributed by atoms with Gasteiger partial charge in [-0.15, -0.1) is 0 Å². The Hall–Kier alpha value is -1.88. The number of benzene rings is 1. The molecule has 2 N–H and O–H groups in total. The molecule has 0 aliphatic carbocycles. The largest absolute Gasteiger partial charge is 0.305 e. The molecule has 0 unspecified atom stereocenters. The first-order valence-corrected chi connectivity index (χ1v) is 6.47. The number of hydrogen-bond acceptors (Lipinski definition) is 2. The second kappa shape index (κ2) is 5.25. The molecule has 1 heterocycles. The first kappa shape index (κ1) is 14.5. The molecule has 4 nitrogen and oxygen atoms in total. The number of nitrogens with zero attached hydrogens (tertiary/aromatic N) is 1. The maximum atomic E-state index is 13.0. The minimum absolute atomic E-state index is 0.0879. The van der Waals surface area contributed by atoms with Crippen LogP contribution in [0.15, 0.2) is 24.3 Å². The van der Waals surface area contributed by atoms with Crippen molar-refractivity contribution < 1.29 is 9.18 Å². The Bertz CT molecular complexity index is 646. The molecule has 0 aliphatic rings. The summed E-state index contributed by atoms with van der Waals surface area (Å²) in [6, 6.07) is 5.57. The summed E-state index contributed by atoms with van der Waals surface area (Å²) < 4.78 is 13.0. The van der Waals surface area contributed by atoms with Gasteiger partial charge in [0.15, 0.2) is 5.82 Å². The lowest BCUT2D eigenvalue weighted by molar-refractivity contribution is 0.102. The fourth-order valence-electron chi connectivity index (χ4n) is 1.60. The summed E-state index contributed by atoms with van der Waals surface area (Å²) in [6.45, 7) is 6.10. The zero-order chi connectivity index (χ0) is 14.9. The Morgan fingerprint density at radius 3 is 2.60 bits per heavy atom. The standard InChI is InChI=1S/C14H15ClFN3O/c1-14(2,3)11-7-12(19-18-11)17-13(20)8-4-5-10(16)9(15)6-8/h4-7H,1-3H3,(H2,17,18,19,20). The average Bonchev–Trinajstić information content (AvgIpc) is 2.81. The lowest BCUT2D eigenvalue weighted by atomic mass is 9.92. The zero-order valence-electron chi connectivity index (χ0n) is 11.4. The monoisotopic (exact) mass is 295 g/mol. The number of nitrogens with one attached hydrogen (secondary N) is 2. The van der Waals surface area contributed by atoms with Crippen LogP contribution in [-0.4, -0.2) is 16.1 Å². The van der Waals surface area contributed by atoms with Crippen LogP contribution >= 0.6 is 11.6 Å². The van der Waals surface area contributed by atoms with Gasteiger partial charge in [0.2, 0.25) is 0 Å². The number of carbonyl (C=O) groups excluding carboxylic acids is 1. The number of rotatable bonds is 2. The van der Waals surface area contributed by atoms with Crippen molar-refractivity contribution in [1.29, 1.82) is 0 Å². The van der Waals surface area contributed by atoms with Crippen LogP contribution in [0.25, 0.3) is 0 Å². The van der Waals surface area contributed by atoms with Gasteiger partial charge in [-0.05, 0) is 18.2 Å². The molecule has 0 atom stereocenters. The summed E-state index contributed by atoms with van der Waals surface area (Å²) in [6.07, 6.45) is 0. The van der Waals surface area contributed by atoms with Crippen LogP contribution in [0.3, 0.4) is 0 Å². The van der Waals surface area contributed by atoms with Gasteiger partial charge < -0.3 is 5.32 Å². The molecule has 2 aromatic rings. The fourth-order valence-corrected chi connectivity index (χ4v) is 1.78. The molecule has 0 bridgehead atoms. The van der Waals surface area contributed by atoms with E-state index in [-0.39, 0.29) is 21.9 Å². The molecule has 0 radical (unpaired) electrons. The highest BCUT2D eigenvalue weighted by Crippen LogP contribution is 2.22. The number of aromatic amines is 1. The minimum atomic E-state index is -0.557. The third-order valence-electron chi connectivity index (χ3n) is 2.81. The molecule has 0 saturated heterocycles. The highest BCUT2D eigenvalue weighted by atomic mass is 35.5. The van der Waals surface area contributed by atoms with Gasteiger partial charge in [0, 0.05) is 22.7 Å². The molecule has 6 heteroatoms. The molecule has 0 fully saturated rings. The maximum absolute atomic E-state index is 13.0. The molecule has 0 aliphatic heterocycles. The van der Waals surface area contributed by atoms with Gasteiger partial charge in [0.1, 0.15) is 5.82 Å². The molecule has 1 aromatic carbocycles. The number of halogens is 2. The van der Waals surface area contributed by atoms with E-state index >= 15 is 0 Å². The van der Waals surface area contributed by atoms with Crippen LogP contribution in [0.2, 0.25) is 5.02 Å². The summed E-state index contributed by atoms with van der Waals surface area (Å²) >= 11 is 5.65. The predicted octanol–water partition coefficient (Wildman–Crippen LogP) is 3.75. The SMILES string of the molecule is CC(C)(C)c1cc(NC(=O)c2ccc(F)c(Cl)c2)n[nH]1. The molecule has 106 valence electrons. The number of carbonyl (C=O) groups is 1. The van der Waals surface area contributed by atoms with Gasteiger partial charge in [-0.25, -0.2) is 4.39 Å². The molecule has 1 aromatic heterocycles. The lowest BCUT2D eigenvalue weighted by Gasteiger charge is -2.14. The van der Waals surface area contributed by atoms with Gasteiger partial charge in [0.25, 0.3) is 5.91 Å². The van der Waals surface area contributed by atoms with Crippen molar-refractivity contribution in [1.82, 2.24) is 10.2 Å². The van der Waals surface area contributed by atoms with Crippen molar-refractivity contribution in [3.8, 4) is 0 Å². The number of H-pyrrole nitrogens is 1. The number of amides is 1. The van der Waals surface area contributed by atoms with E-state index in [0.717, 1.165) is 11.8 Å². The predicted molar refractivity (Wildman–Crippen MR) is 76.7 cm³/mol. The van der Waals surface area contributed by atoms with Crippen molar-refractivity contribution in [3.05, 3.63) is 46.4 Å². The minimum Gasteiger partial charge on any atom is -0.305 e. The van der Waals surface area contributed by atoms with E-state index in [1.165, 1.54) is 12.1 Å². The van der Waals surface area contributed by atoms with E-state index in [0.29, 0.717) is 5.82 Å². The van der Waals surface area contributed by atoms with Crippen molar-refractivity contribution in [2.45, 2.75) is 26.2 Å². The number of anilines is 1. The van der Waals surface area contributed by atoms with E-state index < -0.39 is 5.82 Å². The Balaban J connectivity index is 2.15. The highest BCUT2D eigenvalue weighted by molar-refractivity contribution is 6.31. The van der Waals surface area contributed by atoms with Crippen LogP contribution in [-0.2, 0) is 5.41 Å². The second-order valence-electron chi connectivity index (χ2n) is 5.50. The number of hydrogen-bond donors (Lipinski definition) is 2. The molecule has 0 saturated carbocycles. The van der Waals surface area contributed by atoms with Gasteiger partial charge >= 0.3 is 0 Å². The van der Waals surface area contributed by atoms with Gasteiger partial charge in [0.05, 0.1) is 5.02 Å². The number of aromatic nitrogens is 2. The Morgan fingerprint density at radius 1 is 1.35 bits per heavy atom. The first-order chi connectivity index (χ1) is 9.27.